The summed E-state index contributed by atoms with van der Waals surface area (Å²) in [5, 5.41) is 8.09. The van der Waals surface area contributed by atoms with Gasteiger partial charge in [0.05, 0.1) is 12.2 Å². The summed E-state index contributed by atoms with van der Waals surface area (Å²) >= 11 is 0. The molecular weight excluding hydrogens is 292 g/mol. The number of hydrogen-bond donors (Lipinski definition) is 3. The quantitative estimate of drug-likeness (QED) is 0.810. The molecule has 1 aromatic heterocycles. The van der Waals surface area contributed by atoms with E-state index in [1.807, 2.05) is 25.1 Å². The summed E-state index contributed by atoms with van der Waals surface area (Å²) in [6.07, 6.45) is 0. The lowest BCUT2D eigenvalue weighted by molar-refractivity contribution is 0.0962. The molecule has 2 rings (SSSR count). The molecule has 0 radical (unpaired) electrons. The summed E-state index contributed by atoms with van der Waals surface area (Å²) in [6, 6.07) is 10.5. The topological polar surface area (TPSA) is 83.1 Å². The van der Waals surface area contributed by atoms with Crippen LogP contribution in [0.3, 0.4) is 0 Å². The van der Waals surface area contributed by atoms with Crippen molar-refractivity contribution in [3.63, 3.8) is 0 Å². The van der Waals surface area contributed by atoms with Crippen LogP contribution < -0.4 is 16.0 Å². The zero-order chi connectivity index (χ0) is 16.8. The smallest absolute Gasteiger partial charge is 0.319 e. The first kappa shape index (κ1) is 16.5. The first-order valence-corrected chi connectivity index (χ1v) is 7.30. The predicted octanol–water partition coefficient (Wildman–Crippen LogP) is 2.38. The van der Waals surface area contributed by atoms with E-state index in [4.69, 9.17) is 0 Å². The van der Waals surface area contributed by atoms with E-state index >= 15 is 0 Å². The average molecular weight is 312 g/mol. The van der Waals surface area contributed by atoms with Gasteiger partial charge >= 0.3 is 6.03 Å². The van der Waals surface area contributed by atoms with Crippen LogP contribution in [0.25, 0.3) is 0 Å². The van der Waals surface area contributed by atoms with E-state index in [1.165, 1.54) is 0 Å². The number of nitrogens with zero attached hydrogens (tertiary/aromatic N) is 1. The maximum atomic E-state index is 12.0. The van der Waals surface area contributed by atoms with Crippen molar-refractivity contribution in [2.75, 3.05) is 12.4 Å². The average Bonchev–Trinajstić information content (AvgIpc) is 2.54. The van der Waals surface area contributed by atoms with E-state index in [9.17, 15) is 9.59 Å². The maximum absolute atomic E-state index is 12.0. The second-order valence-corrected chi connectivity index (χ2v) is 5.14. The zero-order valence-corrected chi connectivity index (χ0v) is 13.4. The highest BCUT2D eigenvalue weighted by atomic mass is 16.2. The molecule has 0 unspecified atom stereocenters. The maximum Gasteiger partial charge on any atom is 0.319 e. The molecule has 0 atom stereocenters. The Morgan fingerprint density at radius 3 is 2.52 bits per heavy atom. The number of aryl methyl sites for hydroxylation is 1. The first-order valence-electron chi connectivity index (χ1n) is 7.30. The number of aromatic nitrogens is 1. The molecule has 0 aliphatic heterocycles. The highest BCUT2D eigenvalue weighted by molar-refractivity contribution is 5.98. The number of amides is 3. The van der Waals surface area contributed by atoms with Crippen LogP contribution in [-0.2, 0) is 6.54 Å². The van der Waals surface area contributed by atoms with Gasteiger partial charge < -0.3 is 16.0 Å². The van der Waals surface area contributed by atoms with Gasteiger partial charge in [-0.3, -0.25) is 9.78 Å². The van der Waals surface area contributed by atoms with Crippen molar-refractivity contribution in [1.29, 1.82) is 0 Å². The highest BCUT2D eigenvalue weighted by Crippen LogP contribution is 2.18. The van der Waals surface area contributed by atoms with Crippen molar-refractivity contribution in [1.82, 2.24) is 15.6 Å². The number of carbonyl (C=O) groups excluding carboxylic acids is 2. The molecule has 0 aliphatic carbocycles. The summed E-state index contributed by atoms with van der Waals surface area (Å²) in [7, 11) is 1.57. The summed E-state index contributed by atoms with van der Waals surface area (Å²) in [5.41, 5.74) is 3.54. The van der Waals surface area contributed by atoms with Gasteiger partial charge in [0.1, 0.15) is 0 Å². The Morgan fingerprint density at radius 1 is 1.09 bits per heavy atom. The Balaban J connectivity index is 2.02. The van der Waals surface area contributed by atoms with E-state index < -0.39 is 0 Å². The molecule has 1 aromatic carbocycles. The Hall–Kier alpha value is -2.89. The Morgan fingerprint density at radius 2 is 1.83 bits per heavy atom. The van der Waals surface area contributed by atoms with Gasteiger partial charge in [-0.05, 0) is 43.7 Å². The molecule has 0 saturated carbocycles. The number of urea groups is 1. The van der Waals surface area contributed by atoms with Crippen LogP contribution in [0.5, 0.6) is 0 Å². The van der Waals surface area contributed by atoms with Crippen LogP contribution in [0, 0.1) is 13.8 Å². The Kier molecular flexibility index (Phi) is 5.30. The van der Waals surface area contributed by atoms with Crippen molar-refractivity contribution < 1.29 is 9.59 Å². The molecule has 0 aliphatic rings. The fraction of sp³-hybridized carbons (Fsp3) is 0.235. The van der Waals surface area contributed by atoms with Gasteiger partial charge in [-0.2, -0.15) is 0 Å². The number of anilines is 1. The van der Waals surface area contributed by atoms with Crippen molar-refractivity contribution in [3.05, 3.63) is 58.9 Å². The molecular formula is C17H20N4O2. The number of carbonyl (C=O) groups is 2. The zero-order valence-electron chi connectivity index (χ0n) is 13.4. The molecule has 0 fully saturated rings. The van der Waals surface area contributed by atoms with Crippen LogP contribution >= 0.6 is 0 Å². The summed E-state index contributed by atoms with van der Waals surface area (Å²) < 4.78 is 0. The lowest BCUT2D eigenvalue weighted by Gasteiger charge is -2.12. The number of benzene rings is 1. The minimum atomic E-state index is -0.342. The van der Waals surface area contributed by atoms with Crippen molar-refractivity contribution >= 4 is 17.6 Å². The largest absolute Gasteiger partial charge is 0.355 e. The molecule has 3 amide bonds. The molecule has 1 heterocycles. The van der Waals surface area contributed by atoms with Crippen LogP contribution in [-0.4, -0.2) is 24.0 Å². The third-order valence-electron chi connectivity index (χ3n) is 3.43. The summed E-state index contributed by atoms with van der Waals surface area (Å²) in [6.45, 7) is 4.03. The van der Waals surface area contributed by atoms with E-state index in [-0.39, 0.29) is 11.9 Å². The van der Waals surface area contributed by atoms with E-state index in [0.29, 0.717) is 17.8 Å². The van der Waals surface area contributed by atoms with Crippen molar-refractivity contribution in [2.45, 2.75) is 20.4 Å². The fourth-order valence-corrected chi connectivity index (χ4v) is 2.19. The van der Waals surface area contributed by atoms with E-state index in [2.05, 4.69) is 20.9 Å². The van der Waals surface area contributed by atoms with Gasteiger partial charge in [0, 0.05) is 24.0 Å². The normalized spacial score (nSPS) is 10.0. The third kappa shape index (κ3) is 4.29. The summed E-state index contributed by atoms with van der Waals surface area (Å²) in [5.74, 6) is -0.185. The second kappa shape index (κ2) is 7.40. The third-order valence-corrected chi connectivity index (χ3v) is 3.43. The first-order chi connectivity index (χ1) is 11.0. The lowest BCUT2D eigenvalue weighted by atomic mass is 10.1. The minimum absolute atomic E-state index is 0.185. The van der Waals surface area contributed by atoms with Gasteiger partial charge in [0.2, 0.25) is 0 Å². The second-order valence-electron chi connectivity index (χ2n) is 5.14. The van der Waals surface area contributed by atoms with Gasteiger partial charge in [0.15, 0.2) is 0 Å². The number of pyridine rings is 1. The predicted molar refractivity (Wildman–Crippen MR) is 89.4 cm³/mol. The minimum Gasteiger partial charge on any atom is -0.355 e. The Labute approximate surface area is 135 Å². The van der Waals surface area contributed by atoms with E-state index in [1.54, 1.807) is 32.2 Å². The van der Waals surface area contributed by atoms with Crippen LogP contribution in [0.1, 0.15) is 27.3 Å². The number of nitrogens with one attached hydrogen (secondary N) is 3. The Bertz CT molecular complexity index is 728. The molecule has 0 saturated heterocycles. The van der Waals surface area contributed by atoms with Crippen molar-refractivity contribution in [2.24, 2.45) is 0 Å². The monoisotopic (exact) mass is 312 g/mol. The molecule has 23 heavy (non-hydrogen) atoms. The number of rotatable bonds is 4. The lowest BCUT2D eigenvalue weighted by Crippen LogP contribution is -2.29. The van der Waals surface area contributed by atoms with Crippen LogP contribution in [0.2, 0.25) is 0 Å². The van der Waals surface area contributed by atoms with Gasteiger partial charge in [0.25, 0.3) is 5.91 Å². The van der Waals surface area contributed by atoms with Gasteiger partial charge in [-0.1, -0.05) is 12.1 Å². The van der Waals surface area contributed by atoms with Crippen molar-refractivity contribution in [3.8, 4) is 0 Å². The molecule has 0 bridgehead atoms. The SMILES string of the molecule is CNC(=O)c1cccc(NC(=O)NCc2cccc(C)n2)c1C. The van der Waals surface area contributed by atoms with Gasteiger partial charge in [-0.25, -0.2) is 4.79 Å². The van der Waals surface area contributed by atoms with Crippen LogP contribution in [0.15, 0.2) is 36.4 Å². The van der Waals surface area contributed by atoms with Gasteiger partial charge in [-0.15, -0.1) is 0 Å². The fourth-order valence-electron chi connectivity index (χ4n) is 2.19. The molecule has 0 spiro atoms. The number of hydrogen-bond acceptors (Lipinski definition) is 3. The molecule has 2 aromatic rings. The molecule has 6 nitrogen and oxygen atoms in total. The molecule has 6 heteroatoms. The summed E-state index contributed by atoms with van der Waals surface area (Å²) in [4.78, 5) is 28.1. The molecule has 3 N–H and O–H groups in total. The standard InChI is InChI=1S/C17H20N4O2/c1-11-6-4-7-13(20-11)10-19-17(23)21-15-9-5-8-14(12(15)2)16(22)18-3/h4-9H,10H2,1-3H3,(H,18,22)(H2,19,21,23). The molecule has 120 valence electrons. The highest BCUT2D eigenvalue weighted by Gasteiger charge is 2.11. The van der Waals surface area contributed by atoms with Crippen LogP contribution in [0.4, 0.5) is 10.5 Å². The van der Waals surface area contributed by atoms with E-state index in [0.717, 1.165) is 17.0 Å².